The SMILES string of the molecule is CC(C)[C@@H]1CCN(C2CCCNC2)C[C@H]1F. The molecule has 1 N–H and O–H groups in total. The first-order valence-corrected chi connectivity index (χ1v) is 6.77. The average molecular weight is 228 g/mol. The zero-order valence-corrected chi connectivity index (χ0v) is 10.6. The van der Waals surface area contributed by atoms with E-state index in [9.17, 15) is 4.39 Å². The van der Waals surface area contributed by atoms with E-state index in [1.165, 1.54) is 12.8 Å². The molecule has 2 heterocycles. The van der Waals surface area contributed by atoms with Crippen LogP contribution >= 0.6 is 0 Å². The summed E-state index contributed by atoms with van der Waals surface area (Å²) < 4.78 is 14.0. The number of nitrogens with one attached hydrogen (secondary N) is 1. The lowest BCUT2D eigenvalue weighted by Crippen LogP contribution is -2.52. The minimum absolute atomic E-state index is 0.285. The minimum Gasteiger partial charge on any atom is -0.315 e. The molecule has 0 aromatic rings. The molecule has 94 valence electrons. The Kier molecular flexibility index (Phi) is 4.20. The zero-order valence-electron chi connectivity index (χ0n) is 10.6. The van der Waals surface area contributed by atoms with Gasteiger partial charge in [-0.15, -0.1) is 0 Å². The van der Waals surface area contributed by atoms with E-state index >= 15 is 0 Å². The summed E-state index contributed by atoms with van der Waals surface area (Å²) in [5, 5.41) is 3.42. The first kappa shape index (κ1) is 12.3. The Bertz CT molecular complexity index is 214. The van der Waals surface area contributed by atoms with E-state index in [1.807, 2.05) is 0 Å². The number of likely N-dealkylation sites (tertiary alicyclic amines) is 1. The van der Waals surface area contributed by atoms with Gasteiger partial charge in [0, 0.05) is 19.1 Å². The maximum absolute atomic E-state index is 14.0. The molecule has 3 heteroatoms. The van der Waals surface area contributed by atoms with Gasteiger partial charge in [0.2, 0.25) is 0 Å². The monoisotopic (exact) mass is 228 g/mol. The Morgan fingerprint density at radius 3 is 2.69 bits per heavy atom. The van der Waals surface area contributed by atoms with Crippen LogP contribution in [0.2, 0.25) is 0 Å². The Morgan fingerprint density at radius 2 is 2.12 bits per heavy atom. The van der Waals surface area contributed by atoms with Crippen LogP contribution in [0.1, 0.15) is 33.1 Å². The molecule has 0 saturated carbocycles. The van der Waals surface area contributed by atoms with E-state index in [1.54, 1.807) is 0 Å². The molecule has 2 aliphatic heterocycles. The Hall–Kier alpha value is -0.150. The van der Waals surface area contributed by atoms with Crippen LogP contribution in [0.25, 0.3) is 0 Å². The molecule has 0 amide bonds. The highest BCUT2D eigenvalue weighted by molar-refractivity contribution is 4.87. The molecule has 0 bridgehead atoms. The van der Waals surface area contributed by atoms with Gasteiger partial charge in [0.25, 0.3) is 0 Å². The molecule has 0 aromatic heterocycles. The van der Waals surface area contributed by atoms with Crippen molar-refractivity contribution in [2.45, 2.75) is 45.3 Å². The smallest absolute Gasteiger partial charge is 0.116 e. The van der Waals surface area contributed by atoms with Gasteiger partial charge in [0.1, 0.15) is 6.17 Å². The topological polar surface area (TPSA) is 15.3 Å². The normalized spacial score (nSPS) is 37.9. The molecule has 0 spiro atoms. The maximum Gasteiger partial charge on any atom is 0.116 e. The van der Waals surface area contributed by atoms with Gasteiger partial charge >= 0.3 is 0 Å². The van der Waals surface area contributed by atoms with E-state index in [0.29, 0.717) is 18.5 Å². The summed E-state index contributed by atoms with van der Waals surface area (Å²) in [5.74, 6) is 0.773. The molecule has 2 rings (SSSR count). The van der Waals surface area contributed by atoms with Gasteiger partial charge in [-0.2, -0.15) is 0 Å². The fraction of sp³-hybridized carbons (Fsp3) is 1.00. The van der Waals surface area contributed by atoms with Crippen LogP contribution < -0.4 is 5.32 Å². The van der Waals surface area contributed by atoms with Crippen molar-refractivity contribution in [3.63, 3.8) is 0 Å². The molecule has 2 aliphatic rings. The van der Waals surface area contributed by atoms with E-state index in [2.05, 4.69) is 24.1 Å². The third-order valence-corrected chi connectivity index (χ3v) is 4.27. The van der Waals surface area contributed by atoms with Gasteiger partial charge in [-0.05, 0) is 44.2 Å². The summed E-state index contributed by atoms with van der Waals surface area (Å²) in [5.41, 5.74) is 0. The predicted molar refractivity (Wildman–Crippen MR) is 65.3 cm³/mol. The van der Waals surface area contributed by atoms with Crippen molar-refractivity contribution in [3.05, 3.63) is 0 Å². The number of rotatable bonds is 2. The molecule has 16 heavy (non-hydrogen) atoms. The highest BCUT2D eigenvalue weighted by Crippen LogP contribution is 2.29. The highest BCUT2D eigenvalue weighted by atomic mass is 19.1. The molecular formula is C13H25FN2. The van der Waals surface area contributed by atoms with Crippen molar-refractivity contribution < 1.29 is 4.39 Å². The molecule has 2 fully saturated rings. The van der Waals surface area contributed by atoms with Gasteiger partial charge in [-0.25, -0.2) is 4.39 Å². The maximum atomic E-state index is 14.0. The summed E-state index contributed by atoms with van der Waals surface area (Å²) in [4.78, 5) is 2.37. The number of nitrogens with zero attached hydrogens (tertiary/aromatic N) is 1. The average Bonchev–Trinajstić information content (AvgIpc) is 2.29. The van der Waals surface area contributed by atoms with Crippen LogP contribution in [-0.4, -0.2) is 43.3 Å². The summed E-state index contributed by atoms with van der Waals surface area (Å²) in [7, 11) is 0. The summed E-state index contributed by atoms with van der Waals surface area (Å²) in [6, 6.07) is 0.583. The Labute approximate surface area is 98.6 Å². The van der Waals surface area contributed by atoms with Crippen molar-refractivity contribution in [2.24, 2.45) is 11.8 Å². The molecule has 2 nitrogen and oxygen atoms in total. The second-order valence-corrected chi connectivity index (χ2v) is 5.71. The number of hydrogen-bond donors (Lipinski definition) is 1. The van der Waals surface area contributed by atoms with Crippen LogP contribution in [0.3, 0.4) is 0 Å². The van der Waals surface area contributed by atoms with Gasteiger partial charge in [0.15, 0.2) is 0 Å². The minimum atomic E-state index is -0.615. The van der Waals surface area contributed by atoms with Crippen molar-refractivity contribution in [1.29, 1.82) is 0 Å². The van der Waals surface area contributed by atoms with Crippen molar-refractivity contribution in [2.75, 3.05) is 26.2 Å². The first-order valence-electron chi connectivity index (χ1n) is 6.77. The Balaban J connectivity index is 1.86. The van der Waals surface area contributed by atoms with E-state index < -0.39 is 6.17 Å². The second-order valence-electron chi connectivity index (χ2n) is 5.71. The number of alkyl halides is 1. The highest BCUT2D eigenvalue weighted by Gasteiger charge is 2.34. The van der Waals surface area contributed by atoms with Crippen molar-refractivity contribution in [1.82, 2.24) is 10.2 Å². The van der Waals surface area contributed by atoms with Crippen molar-refractivity contribution in [3.8, 4) is 0 Å². The molecule has 1 unspecified atom stereocenters. The lowest BCUT2D eigenvalue weighted by molar-refractivity contribution is 0.0306. The lowest BCUT2D eigenvalue weighted by atomic mass is 9.84. The third kappa shape index (κ3) is 2.75. The van der Waals surface area contributed by atoms with Crippen molar-refractivity contribution >= 4 is 0 Å². The second kappa shape index (κ2) is 5.46. The summed E-state index contributed by atoms with van der Waals surface area (Å²) in [6.45, 7) is 8.24. The predicted octanol–water partition coefficient (Wildman–Crippen LogP) is 2.05. The van der Waals surface area contributed by atoms with Crippen LogP contribution in [0, 0.1) is 11.8 Å². The van der Waals surface area contributed by atoms with E-state index in [4.69, 9.17) is 0 Å². The van der Waals surface area contributed by atoms with Gasteiger partial charge < -0.3 is 5.32 Å². The molecule has 3 atom stereocenters. The molecule has 0 aromatic carbocycles. The number of halogens is 1. The fourth-order valence-corrected chi connectivity index (χ4v) is 3.17. The number of piperidine rings is 2. The quantitative estimate of drug-likeness (QED) is 0.778. The van der Waals surface area contributed by atoms with E-state index in [-0.39, 0.29) is 5.92 Å². The first-order chi connectivity index (χ1) is 7.68. The summed E-state index contributed by atoms with van der Waals surface area (Å²) in [6.07, 6.45) is 2.91. The molecule has 0 aliphatic carbocycles. The molecule has 0 radical (unpaired) electrons. The van der Waals surface area contributed by atoms with Crippen LogP contribution in [0.15, 0.2) is 0 Å². The molecule has 2 saturated heterocycles. The standard InChI is InChI=1S/C13H25FN2/c1-10(2)12-5-7-16(9-13(12)14)11-4-3-6-15-8-11/h10-13,15H,3-9H2,1-2H3/t11?,12-,13+/m0/s1. The van der Waals surface area contributed by atoms with Crippen LogP contribution in [0.5, 0.6) is 0 Å². The molecular weight excluding hydrogens is 203 g/mol. The fourth-order valence-electron chi connectivity index (χ4n) is 3.17. The zero-order chi connectivity index (χ0) is 11.5. The van der Waals surface area contributed by atoms with Crippen LogP contribution in [-0.2, 0) is 0 Å². The number of hydrogen-bond acceptors (Lipinski definition) is 2. The largest absolute Gasteiger partial charge is 0.315 e. The van der Waals surface area contributed by atoms with Gasteiger partial charge in [0.05, 0.1) is 0 Å². The van der Waals surface area contributed by atoms with Gasteiger partial charge in [-0.1, -0.05) is 13.8 Å². The summed E-state index contributed by atoms with van der Waals surface area (Å²) >= 11 is 0. The van der Waals surface area contributed by atoms with Gasteiger partial charge in [-0.3, -0.25) is 4.90 Å². The Morgan fingerprint density at radius 1 is 1.31 bits per heavy atom. The van der Waals surface area contributed by atoms with E-state index in [0.717, 1.165) is 26.1 Å². The third-order valence-electron chi connectivity index (χ3n) is 4.27. The lowest BCUT2D eigenvalue weighted by Gasteiger charge is -2.42. The van der Waals surface area contributed by atoms with Crippen LogP contribution in [0.4, 0.5) is 4.39 Å².